The van der Waals surface area contributed by atoms with Gasteiger partial charge in [-0.1, -0.05) is 23.2 Å². The highest BCUT2D eigenvalue weighted by Crippen LogP contribution is 2.27. The normalized spacial score (nSPS) is 17.5. The zero-order valence-corrected chi connectivity index (χ0v) is 14.6. The Kier molecular flexibility index (Phi) is 8.95. The van der Waals surface area contributed by atoms with Crippen LogP contribution in [0.5, 0.6) is 5.75 Å². The predicted molar refractivity (Wildman–Crippen MR) is 92.5 cm³/mol. The number of halogens is 3. The van der Waals surface area contributed by atoms with E-state index in [1.807, 2.05) is 0 Å². The first kappa shape index (κ1) is 19.4. The lowest BCUT2D eigenvalue weighted by molar-refractivity contribution is -0.122. The first-order valence-electron chi connectivity index (χ1n) is 7.23. The lowest BCUT2D eigenvalue weighted by Crippen LogP contribution is -2.45. The van der Waals surface area contributed by atoms with Gasteiger partial charge in [-0.05, 0) is 44.0 Å². The minimum atomic E-state index is 0. The largest absolute Gasteiger partial charge is 0.492 e. The van der Waals surface area contributed by atoms with E-state index >= 15 is 0 Å². The SMILES string of the molecule is Cl.O=C(CCCOc1ccc(Cl)cc1Cl)NC1CCCNC1. The summed E-state index contributed by atoms with van der Waals surface area (Å²) in [7, 11) is 0. The van der Waals surface area contributed by atoms with Crippen LogP contribution in [0.15, 0.2) is 18.2 Å². The number of nitrogens with one attached hydrogen (secondary N) is 2. The van der Waals surface area contributed by atoms with E-state index in [1.54, 1.807) is 18.2 Å². The molecule has 0 radical (unpaired) electrons. The molecule has 1 atom stereocenters. The molecule has 1 saturated heterocycles. The number of rotatable bonds is 6. The molecule has 0 bridgehead atoms. The summed E-state index contributed by atoms with van der Waals surface area (Å²) in [6.07, 6.45) is 3.28. The van der Waals surface area contributed by atoms with Gasteiger partial charge in [0.15, 0.2) is 0 Å². The van der Waals surface area contributed by atoms with E-state index in [4.69, 9.17) is 27.9 Å². The molecule has 2 rings (SSSR count). The lowest BCUT2D eigenvalue weighted by atomic mass is 10.1. The second kappa shape index (κ2) is 10.2. The molecule has 1 fully saturated rings. The Balaban J connectivity index is 0.00000242. The van der Waals surface area contributed by atoms with Gasteiger partial charge in [0.2, 0.25) is 5.91 Å². The van der Waals surface area contributed by atoms with Crippen LogP contribution in [0.25, 0.3) is 0 Å². The van der Waals surface area contributed by atoms with Crippen molar-refractivity contribution in [1.29, 1.82) is 0 Å². The number of carbonyl (C=O) groups is 1. The number of benzene rings is 1. The van der Waals surface area contributed by atoms with Crippen LogP contribution < -0.4 is 15.4 Å². The Bertz CT molecular complexity index is 480. The van der Waals surface area contributed by atoms with Crippen molar-refractivity contribution in [1.82, 2.24) is 10.6 Å². The van der Waals surface area contributed by atoms with E-state index in [-0.39, 0.29) is 24.4 Å². The molecule has 0 aromatic heterocycles. The quantitative estimate of drug-likeness (QED) is 0.757. The number of piperidine rings is 1. The summed E-state index contributed by atoms with van der Waals surface area (Å²) in [6.45, 7) is 2.36. The van der Waals surface area contributed by atoms with Gasteiger partial charge in [0.05, 0.1) is 11.6 Å². The summed E-state index contributed by atoms with van der Waals surface area (Å²) >= 11 is 11.8. The average molecular weight is 368 g/mol. The van der Waals surface area contributed by atoms with Crippen LogP contribution in [0, 0.1) is 0 Å². The van der Waals surface area contributed by atoms with Crippen molar-refractivity contribution in [3.63, 3.8) is 0 Å². The van der Waals surface area contributed by atoms with E-state index < -0.39 is 0 Å². The Morgan fingerprint density at radius 2 is 2.23 bits per heavy atom. The molecule has 1 heterocycles. The van der Waals surface area contributed by atoms with Crippen molar-refractivity contribution in [2.75, 3.05) is 19.7 Å². The third kappa shape index (κ3) is 6.61. The molecule has 7 heteroatoms. The first-order chi connectivity index (χ1) is 10.1. The second-order valence-electron chi connectivity index (χ2n) is 5.14. The molecule has 22 heavy (non-hydrogen) atoms. The number of carbonyl (C=O) groups excluding carboxylic acids is 1. The highest BCUT2D eigenvalue weighted by atomic mass is 35.5. The van der Waals surface area contributed by atoms with Gasteiger partial charge in [-0.15, -0.1) is 12.4 Å². The van der Waals surface area contributed by atoms with Gasteiger partial charge in [-0.2, -0.15) is 0 Å². The van der Waals surface area contributed by atoms with Gasteiger partial charge in [0.25, 0.3) is 0 Å². The monoisotopic (exact) mass is 366 g/mol. The molecule has 1 amide bonds. The molecule has 0 spiro atoms. The Morgan fingerprint density at radius 1 is 1.41 bits per heavy atom. The van der Waals surface area contributed by atoms with Crippen LogP contribution in [0.3, 0.4) is 0 Å². The van der Waals surface area contributed by atoms with Crippen LogP contribution in [-0.2, 0) is 4.79 Å². The number of hydrogen-bond acceptors (Lipinski definition) is 3. The van der Waals surface area contributed by atoms with Crippen LogP contribution in [0.1, 0.15) is 25.7 Å². The second-order valence-corrected chi connectivity index (χ2v) is 5.98. The third-order valence-electron chi connectivity index (χ3n) is 3.36. The molecule has 1 unspecified atom stereocenters. The molecule has 124 valence electrons. The topological polar surface area (TPSA) is 50.4 Å². The molecule has 4 nitrogen and oxygen atoms in total. The minimum Gasteiger partial charge on any atom is -0.492 e. The molecule has 2 N–H and O–H groups in total. The van der Waals surface area contributed by atoms with Crippen molar-refractivity contribution in [3.8, 4) is 5.75 Å². The fraction of sp³-hybridized carbons (Fsp3) is 0.533. The summed E-state index contributed by atoms with van der Waals surface area (Å²) in [4.78, 5) is 11.8. The van der Waals surface area contributed by atoms with Gasteiger partial charge >= 0.3 is 0 Å². The standard InChI is InChI=1S/C15H20Cl2N2O2.ClH/c16-11-5-6-14(13(17)9-11)21-8-2-4-15(20)19-12-3-1-7-18-10-12;/h5-6,9,12,18H,1-4,7-8,10H2,(H,19,20);1H. The van der Waals surface area contributed by atoms with Crippen molar-refractivity contribution < 1.29 is 9.53 Å². The zero-order valence-electron chi connectivity index (χ0n) is 12.2. The van der Waals surface area contributed by atoms with Gasteiger partial charge < -0.3 is 15.4 Å². The number of ether oxygens (including phenoxy) is 1. The van der Waals surface area contributed by atoms with Crippen LogP contribution >= 0.6 is 35.6 Å². The average Bonchev–Trinajstić information content (AvgIpc) is 2.46. The van der Waals surface area contributed by atoms with Gasteiger partial charge in [0, 0.05) is 24.0 Å². The zero-order chi connectivity index (χ0) is 15.1. The smallest absolute Gasteiger partial charge is 0.220 e. The number of amides is 1. The summed E-state index contributed by atoms with van der Waals surface area (Å²) in [5, 5.41) is 7.37. The Hall–Kier alpha value is -0.680. The van der Waals surface area contributed by atoms with Crippen molar-refractivity contribution in [2.24, 2.45) is 0 Å². The molecular formula is C15H21Cl3N2O2. The highest BCUT2D eigenvalue weighted by Gasteiger charge is 2.14. The van der Waals surface area contributed by atoms with E-state index in [0.29, 0.717) is 35.2 Å². The molecule has 0 aliphatic carbocycles. The predicted octanol–water partition coefficient (Wildman–Crippen LogP) is 3.44. The number of hydrogen-bond donors (Lipinski definition) is 2. The van der Waals surface area contributed by atoms with Crippen molar-refractivity contribution >= 4 is 41.5 Å². The van der Waals surface area contributed by atoms with Crippen molar-refractivity contribution in [2.45, 2.75) is 31.7 Å². The van der Waals surface area contributed by atoms with Crippen molar-refractivity contribution in [3.05, 3.63) is 28.2 Å². The first-order valence-corrected chi connectivity index (χ1v) is 7.98. The maximum absolute atomic E-state index is 11.8. The lowest BCUT2D eigenvalue weighted by Gasteiger charge is -2.23. The molecule has 0 saturated carbocycles. The molecule has 1 aromatic carbocycles. The van der Waals surface area contributed by atoms with Gasteiger partial charge in [-0.3, -0.25) is 4.79 Å². The Labute approximate surface area is 147 Å². The molecule has 1 aromatic rings. The van der Waals surface area contributed by atoms with E-state index in [1.165, 1.54) is 0 Å². The van der Waals surface area contributed by atoms with Crippen LogP contribution in [0.2, 0.25) is 10.0 Å². The Morgan fingerprint density at radius 3 is 2.91 bits per heavy atom. The van der Waals surface area contributed by atoms with Crippen LogP contribution in [-0.4, -0.2) is 31.6 Å². The third-order valence-corrected chi connectivity index (χ3v) is 3.89. The molecular weight excluding hydrogens is 347 g/mol. The fourth-order valence-corrected chi connectivity index (χ4v) is 2.75. The van der Waals surface area contributed by atoms with E-state index in [2.05, 4.69) is 10.6 Å². The maximum atomic E-state index is 11.8. The van der Waals surface area contributed by atoms with Gasteiger partial charge in [-0.25, -0.2) is 0 Å². The summed E-state index contributed by atoms with van der Waals surface area (Å²) in [5.41, 5.74) is 0. The summed E-state index contributed by atoms with van der Waals surface area (Å²) < 4.78 is 5.55. The summed E-state index contributed by atoms with van der Waals surface area (Å²) in [5.74, 6) is 0.674. The van der Waals surface area contributed by atoms with Gasteiger partial charge in [0.1, 0.15) is 5.75 Å². The van der Waals surface area contributed by atoms with E-state index in [9.17, 15) is 4.79 Å². The molecule has 1 aliphatic heterocycles. The van der Waals surface area contributed by atoms with Crippen LogP contribution in [0.4, 0.5) is 0 Å². The van der Waals surface area contributed by atoms with E-state index in [0.717, 1.165) is 25.9 Å². The minimum absolute atomic E-state index is 0. The maximum Gasteiger partial charge on any atom is 0.220 e. The fourth-order valence-electron chi connectivity index (χ4n) is 2.28. The summed E-state index contributed by atoms with van der Waals surface area (Å²) in [6, 6.07) is 5.36. The highest BCUT2D eigenvalue weighted by molar-refractivity contribution is 6.35. The molecule has 1 aliphatic rings.